The van der Waals surface area contributed by atoms with Gasteiger partial charge in [-0.15, -0.1) is 0 Å². The van der Waals surface area contributed by atoms with Crippen LogP contribution in [-0.4, -0.2) is 56.3 Å². The van der Waals surface area contributed by atoms with Crippen molar-refractivity contribution in [1.82, 2.24) is 19.4 Å². The Morgan fingerprint density at radius 3 is 2.44 bits per heavy atom. The fraction of sp³-hybridized carbons (Fsp3) is 0.440. The van der Waals surface area contributed by atoms with E-state index in [-0.39, 0.29) is 53.3 Å². The third kappa shape index (κ3) is 4.80. The molecule has 36 heavy (non-hydrogen) atoms. The van der Waals surface area contributed by atoms with Crippen molar-refractivity contribution in [1.29, 1.82) is 5.26 Å². The number of anilines is 1. The number of ether oxygens (including phenoxy) is 1. The number of hydrogen-bond donors (Lipinski definition) is 0. The van der Waals surface area contributed by atoms with Crippen LogP contribution >= 0.6 is 0 Å². The van der Waals surface area contributed by atoms with E-state index in [9.17, 15) is 23.2 Å². The van der Waals surface area contributed by atoms with Crippen LogP contribution in [0.3, 0.4) is 0 Å². The summed E-state index contributed by atoms with van der Waals surface area (Å²) in [5, 5.41) is 9.17. The van der Waals surface area contributed by atoms with Gasteiger partial charge in [0.05, 0.1) is 28.1 Å². The second-order valence-electron chi connectivity index (χ2n) is 9.94. The summed E-state index contributed by atoms with van der Waals surface area (Å²) in [5.41, 5.74) is -0.958. The molecule has 4 heterocycles. The second-order valence-corrected chi connectivity index (χ2v) is 9.94. The van der Waals surface area contributed by atoms with Gasteiger partial charge in [0.2, 0.25) is 0 Å². The molecular formula is C25H27F3N6O2. The average Bonchev–Trinajstić information content (AvgIpc) is 3.20. The van der Waals surface area contributed by atoms with Gasteiger partial charge in [0.25, 0.3) is 0 Å². The molecule has 0 radical (unpaired) electrons. The molecule has 1 amide bonds. The monoisotopic (exact) mass is 500 g/mol. The summed E-state index contributed by atoms with van der Waals surface area (Å²) in [6.07, 6.45) is -1.28. The van der Waals surface area contributed by atoms with Gasteiger partial charge in [-0.2, -0.15) is 18.4 Å². The van der Waals surface area contributed by atoms with Crippen LogP contribution in [0.1, 0.15) is 45.7 Å². The number of fused-ring (bicyclic) bond motifs is 1. The number of carbonyl (C=O) groups excluding carboxylic acids is 1. The number of amides is 1. The third-order valence-corrected chi connectivity index (χ3v) is 6.01. The van der Waals surface area contributed by atoms with Gasteiger partial charge in [-0.05, 0) is 52.8 Å². The molecular weight excluding hydrogens is 473 g/mol. The van der Waals surface area contributed by atoms with E-state index in [1.807, 2.05) is 19.9 Å². The number of halogens is 3. The van der Waals surface area contributed by atoms with Crippen molar-refractivity contribution in [3.63, 3.8) is 0 Å². The average molecular weight is 501 g/mol. The normalized spacial score (nSPS) is 18.9. The molecule has 0 spiro atoms. The molecule has 0 aliphatic carbocycles. The highest BCUT2D eigenvalue weighted by atomic mass is 19.4. The molecule has 8 nitrogen and oxygen atoms in total. The van der Waals surface area contributed by atoms with Crippen molar-refractivity contribution >= 4 is 22.8 Å². The first-order chi connectivity index (χ1) is 16.8. The lowest BCUT2D eigenvalue weighted by Crippen LogP contribution is -2.59. The molecule has 1 aliphatic heterocycles. The topological polar surface area (TPSA) is 87.3 Å². The van der Waals surface area contributed by atoms with Crippen LogP contribution in [0.25, 0.3) is 16.7 Å². The zero-order valence-electron chi connectivity index (χ0n) is 20.7. The number of hydrogen-bond acceptors (Lipinski definition) is 6. The van der Waals surface area contributed by atoms with E-state index in [0.717, 1.165) is 6.20 Å². The van der Waals surface area contributed by atoms with Gasteiger partial charge in [0.15, 0.2) is 0 Å². The number of aromatic nitrogens is 3. The summed E-state index contributed by atoms with van der Waals surface area (Å²) in [6, 6.07) is 5.76. The van der Waals surface area contributed by atoms with Crippen LogP contribution in [0.4, 0.5) is 23.8 Å². The number of piperazine rings is 1. The zero-order valence-corrected chi connectivity index (χ0v) is 20.7. The molecule has 1 saturated heterocycles. The maximum Gasteiger partial charge on any atom is 0.418 e. The Hall–Kier alpha value is -3.81. The molecule has 4 rings (SSSR count). The molecule has 1 aliphatic rings. The van der Waals surface area contributed by atoms with Crippen LogP contribution < -0.4 is 4.90 Å². The molecule has 0 saturated carbocycles. The Morgan fingerprint density at radius 1 is 1.11 bits per heavy atom. The maximum atomic E-state index is 14.2. The molecule has 3 aromatic heterocycles. The Kier molecular flexibility index (Phi) is 6.32. The van der Waals surface area contributed by atoms with Gasteiger partial charge in [0, 0.05) is 43.8 Å². The first kappa shape index (κ1) is 25.3. The van der Waals surface area contributed by atoms with E-state index in [1.54, 1.807) is 30.6 Å². The smallest absolute Gasteiger partial charge is 0.418 e. The highest BCUT2D eigenvalue weighted by Crippen LogP contribution is 2.41. The maximum absolute atomic E-state index is 14.2. The fourth-order valence-corrected chi connectivity index (χ4v) is 4.40. The van der Waals surface area contributed by atoms with Gasteiger partial charge >= 0.3 is 12.3 Å². The minimum Gasteiger partial charge on any atom is -0.444 e. The standard InChI is InChI=1S/C25H27F3N6O2/c1-15-13-33(23(35)36-24(3,4)5)16(2)12-32(15)22-21-18(25(26,27)28)14-34(19(21)7-9-31-22)20-10-17(11-29)6-8-30-20/h6-10,14-16H,12-13H2,1-5H3/t15?,16-/m0/s1. The van der Waals surface area contributed by atoms with Gasteiger partial charge in [0.1, 0.15) is 17.2 Å². The van der Waals surface area contributed by atoms with Gasteiger partial charge in [-0.3, -0.25) is 0 Å². The van der Waals surface area contributed by atoms with E-state index in [4.69, 9.17) is 4.74 Å². The third-order valence-electron chi connectivity index (χ3n) is 6.01. The predicted molar refractivity (Wildman–Crippen MR) is 128 cm³/mol. The summed E-state index contributed by atoms with van der Waals surface area (Å²) in [5.74, 6) is 0.376. The summed E-state index contributed by atoms with van der Waals surface area (Å²) in [7, 11) is 0. The van der Waals surface area contributed by atoms with Crippen molar-refractivity contribution in [2.45, 2.75) is 58.5 Å². The molecule has 0 aromatic carbocycles. The Balaban J connectivity index is 1.79. The number of nitrogens with zero attached hydrogens (tertiary/aromatic N) is 6. The lowest BCUT2D eigenvalue weighted by atomic mass is 10.1. The van der Waals surface area contributed by atoms with Crippen molar-refractivity contribution in [2.75, 3.05) is 18.0 Å². The Bertz CT molecular complexity index is 1340. The fourth-order valence-electron chi connectivity index (χ4n) is 4.40. The minimum atomic E-state index is -4.65. The van der Waals surface area contributed by atoms with Crippen LogP contribution in [0.15, 0.2) is 36.8 Å². The second kappa shape index (κ2) is 9.00. The highest BCUT2D eigenvalue weighted by Gasteiger charge is 2.40. The van der Waals surface area contributed by atoms with Gasteiger partial charge in [-0.1, -0.05) is 0 Å². The summed E-state index contributed by atoms with van der Waals surface area (Å²) in [6.45, 7) is 9.56. The molecule has 1 fully saturated rings. The predicted octanol–water partition coefficient (Wildman–Crippen LogP) is 5.15. The Morgan fingerprint density at radius 2 is 1.81 bits per heavy atom. The molecule has 0 bridgehead atoms. The first-order valence-electron chi connectivity index (χ1n) is 11.5. The van der Waals surface area contributed by atoms with E-state index >= 15 is 0 Å². The Labute approximate surface area is 206 Å². The van der Waals surface area contributed by atoms with Gasteiger partial charge < -0.3 is 19.1 Å². The number of nitriles is 1. The summed E-state index contributed by atoms with van der Waals surface area (Å²) >= 11 is 0. The molecule has 11 heteroatoms. The van der Waals surface area contributed by atoms with Gasteiger partial charge in [-0.25, -0.2) is 14.8 Å². The van der Waals surface area contributed by atoms with Crippen LogP contribution in [0, 0.1) is 11.3 Å². The van der Waals surface area contributed by atoms with Crippen molar-refractivity contribution < 1.29 is 22.7 Å². The lowest BCUT2D eigenvalue weighted by molar-refractivity contribution is -0.136. The number of alkyl halides is 3. The number of pyridine rings is 2. The number of rotatable bonds is 2. The number of carbonyl (C=O) groups is 1. The largest absolute Gasteiger partial charge is 0.444 e. The van der Waals surface area contributed by atoms with Crippen LogP contribution in [0.5, 0.6) is 0 Å². The summed E-state index contributed by atoms with van der Waals surface area (Å²) < 4.78 is 49.6. The molecule has 1 unspecified atom stereocenters. The van der Waals surface area contributed by atoms with Crippen LogP contribution in [-0.2, 0) is 10.9 Å². The van der Waals surface area contributed by atoms with E-state index in [0.29, 0.717) is 0 Å². The van der Waals surface area contributed by atoms with Crippen molar-refractivity contribution in [3.05, 3.63) is 47.9 Å². The highest BCUT2D eigenvalue weighted by molar-refractivity contribution is 5.95. The van der Waals surface area contributed by atoms with Crippen molar-refractivity contribution in [3.8, 4) is 11.9 Å². The molecule has 0 N–H and O–H groups in total. The lowest BCUT2D eigenvalue weighted by Gasteiger charge is -2.44. The van der Waals surface area contributed by atoms with E-state index < -0.39 is 23.4 Å². The molecule has 190 valence electrons. The minimum absolute atomic E-state index is 0.0565. The molecule has 2 atom stereocenters. The van der Waals surface area contributed by atoms with E-state index in [2.05, 4.69) is 9.97 Å². The van der Waals surface area contributed by atoms with Crippen molar-refractivity contribution in [2.24, 2.45) is 0 Å². The zero-order chi connectivity index (χ0) is 26.4. The quantitative estimate of drug-likeness (QED) is 0.484. The molecule has 3 aromatic rings. The SMILES string of the molecule is CC1CN(C(=O)OC(C)(C)C)[C@@H](C)CN1c1nccc2c1c(C(F)(F)F)cn2-c1cc(C#N)ccn1. The van der Waals surface area contributed by atoms with Crippen LogP contribution in [0.2, 0.25) is 0 Å². The van der Waals surface area contributed by atoms with E-state index in [1.165, 1.54) is 35.2 Å². The first-order valence-corrected chi connectivity index (χ1v) is 11.5. The summed E-state index contributed by atoms with van der Waals surface area (Å²) in [4.78, 5) is 24.7.